The molecular weight excluding hydrogens is 234 g/mol. The van der Waals surface area contributed by atoms with Gasteiger partial charge >= 0.3 is 6.18 Å². The van der Waals surface area contributed by atoms with Gasteiger partial charge in [-0.15, -0.1) is 0 Å². The highest BCUT2D eigenvalue weighted by molar-refractivity contribution is 6.30. The Bertz CT molecular complexity index is 350. The van der Waals surface area contributed by atoms with Crippen molar-refractivity contribution in [2.45, 2.75) is 12.1 Å². The lowest BCUT2D eigenvalue weighted by Gasteiger charge is -2.18. The first-order valence-electron chi connectivity index (χ1n) is 4.08. The summed E-state index contributed by atoms with van der Waals surface area (Å²) in [6, 6.07) is 2.88. The van der Waals surface area contributed by atoms with Gasteiger partial charge in [-0.2, -0.15) is 13.2 Å². The summed E-state index contributed by atoms with van der Waals surface area (Å²) in [6.45, 7) is -0.592. The lowest BCUT2D eigenvalue weighted by atomic mass is 9.99. The Labute approximate surface area is 88.8 Å². The second kappa shape index (κ2) is 4.37. The van der Waals surface area contributed by atoms with Crippen LogP contribution in [0.1, 0.15) is 11.5 Å². The first-order chi connectivity index (χ1) is 6.86. The molecule has 1 aromatic rings. The van der Waals surface area contributed by atoms with E-state index in [1.54, 1.807) is 0 Å². The molecule has 0 spiro atoms. The predicted octanol–water partition coefficient (Wildman–Crippen LogP) is 3.08. The van der Waals surface area contributed by atoms with Crippen molar-refractivity contribution in [2.75, 3.05) is 6.54 Å². The van der Waals surface area contributed by atoms with Crippen LogP contribution in [-0.2, 0) is 0 Å². The standard InChI is InChI=1S/C9H8ClF4N/c10-7-3-5(1-2-8(7)11)6(4-15)9(12,13)14/h1-3,6H,4,15H2. The van der Waals surface area contributed by atoms with Crippen LogP contribution in [0.4, 0.5) is 17.6 Å². The quantitative estimate of drug-likeness (QED) is 0.791. The van der Waals surface area contributed by atoms with Crippen molar-refractivity contribution in [1.82, 2.24) is 0 Å². The maximum atomic E-state index is 12.7. The molecule has 1 rings (SSSR count). The van der Waals surface area contributed by atoms with Crippen LogP contribution < -0.4 is 5.73 Å². The molecule has 84 valence electrons. The Hall–Kier alpha value is -0.810. The van der Waals surface area contributed by atoms with E-state index in [2.05, 4.69) is 0 Å². The van der Waals surface area contributed by atoms with E-state index in [9.17, 15) is 17.6 Å². The second-order valence-electron chi connectivity index (χ2n) is 3.00. The van der Waals surface area contributed by atoms with Crippen LogP contribution in [0.2, 0.25) is 5.02 Å². The van der Waals surface area contributed by atoms with Crippen LogP contribution in [0.5, 0.6) is 0 Å². The summed E-state index contributed by atoms with van der Waals surface area (Å²) >= 11 is 5.38. The highest BCUT2D eigenvalue weighted by Gasteiger charge is 2.39. The summed E-state index contributed by atoms with van der Waals surface area (Å²) in [5.41, 5.74) is 4.89. The van der Waals surface area contributed by atoms with Crippen molar-refractivity contribution in [1.29, 1.82) is 0 Å². The van der Waals surface area contributed by atoms with Crippen LogP contribution in [0.3, 0.4) is 0 Å². The van der Waals surface area contributed by atoms with Gasteiger partial charge in [-0.05, 0) is 17.7 Å². The van der Waals surface area contributed by atoms with Crippen molar-refractivity contribution in [3.63, 3.8) is 0 Å². The maximum absolute atomic E-state index is 12.7. The number of alkyl halides is 3. The molecule has 1 atom stereocenters. The SMILES string of the molecule is NCC(c1ccc(F)c(Cl)c1)C(F)(F)F. The van der Waals surface area contributed by atoms with E-state index in [1.807, 2.05) is 0 Å². The van der Waals surface area contributed by atoms with Crippen molar-refractivity contribution >= 4 is 11.6 Å². The van der Waals surface area contributed by atoms with Gasteiger partial charge in [0.1, 0.15) is 5.82 Å². The van der Waals surface area contributed by atoms with Crippen LogP contribution in [0.15, 0.2) is 18.2 Å². The summed E-state index contributed by atoms with van der Waals surface area (Å²) in [6.07, 6.45) is -4.45. The van der Waals surface area contributed by atoms with Crippen LogP contribution in [0.25, 0.3) is 0 Å². The Morgan fingerprint density at radius 3 is 2.33 bits per heavy atom. The summed E-state index contributed by atoms with van der Waals surface area (Å²) in [4.78, 5) is 0. The third-order valence-electron chi connectivity index (χ3n) is 1.98. The van der Waals surface area contributed by atoms with E-state index < -0.39 is 24.5 Å². The fourth-order valence-electron chi connectivity index (χ4n) is 1.19. The Balaban J connectivity index is 3.08. The third-order valence-corrected chi connectivity index (χ3v) is 2.27. The zero-order valence-corrected chi connectivity index (χ0v) is 8.24. The normalized spacial score (nSPS) is 14.0. The molecule has 1 unspecified atom stereocenters. The zero-order chi connectivity index (χ0) is 11.6. The van der Waals surface area contributed by atoms with Gasteiger partial charge < -0.3 is 5.73 Å². The highest BCUT2D eigenvalue weighted by atomic mass is 35.5. The molecule has 0 aliphatic carbocycles. The van der Waals surface area contributed by atoms with E-state index in [0.717, 1.165) is 18.2 Å². The van der Waals surface area contributed by atoms with E-state index in [1.165, 1.54) is 0 Å². The summed E-state index contributed by atoms with van der Waals surface area (Å²) in [5, 5.41) is -0.338. The average Bonchev–Trinajstić information content (AvgIpc) is 2.10. The predicted molar refractivity (Wildman–Crippen MR) is 49.3 cm³/mol. The van der Waals surface area contributed by atoms with Crippen molar-refractivity contribution in [3.05, 3.63) is 34.6 Å². The summed E-state index contributed by atoms with van der Waals surface area (Å²) in [7, 11) is 0. The monoisotopic (exact) mass is 241 g/mol. The van der Waals surface area contributed by atoms with Crippen molar-refractivity contribution in [3.8, 4) is 0 Å². The van der Waals surface area contributed by atoms with E-state index in [-0.39, 0.29) is 10.6 Å². The van der Waals surface area contributed by atoms with Crippen LogP contribution in [-0.4, -0.2) is 12.7 Å². The molecule has 6 heteroatoms. The van der Waals surface area contributed by atoms with Crippen LogP contribution in [0, 0.1) is 5.82 Å². The maximum Gasteiger partial charge on any atom is 0.396 e. The molecule has 0 bridgehead atoms. The Morgan fingerprint density at radius 2 is 1.93 bits per heavy atom. The highest BCUT2D eigenvalue weighted by Crippen LogP contribution is 2.35. The molecule has 0 fully saturated rings. The lowest BCUT2D eigenvalue weighted by molar-refractivity contribution is -0.148. The second-order valence-corrected chi connectivity index (χ2v) is 3.41. The molecular formula is C9H8ClF4N. The lowest BCUT2D eigenvalue weighted by Crippen LogP contribution is -2.28. The van der Waals surface area contributed by atoms with E-state index in [0.29, 0.717) is 0 Å². The molecule has 0 heterocycles. The van der Waals surface area contributed by atoms with Gasteiger partial charge in [0.25, 0.3) is 0 Å². The summed E-state index contributed by atoms with van der Waals surface area (Å²) < 4.78 is 50.0. The number of hydrogen-bond donors (Lipinski definition) is 1. The van der Waals surface area contributed by atoms with Gasteiger partial charge in [-0.3, -0.25) is 0 Å². The molecule has 0 amide bonds. The minimum absolute atomic E-state index is 0.128. The first kappa shape index (κ1) is 12.3. The summed E-state index contributed by atoms with van der Waals surface area (Å²) in [5.74, 6) is -2.56. The zero-order valence-electron chi connectivity index (χ0n) is 7.48. The fraction of sp³-hybridized carbons (Fsp3) is 0.333. The molecule has 0 aliphatic rings. The molecule has 0 aliphatic heterocycles. The van der Waals surface area contributed by atoms with Crippen molar-refractivity contribution < 1.29 is 17.6 Å². The number of benzene rings is 1. The smallest absolute Gasteiger partial charge is 0.330 e. The number of halogens is 5. The van der Waals surface area contributed by atoms with Crippen molar-refractivity contribution in [2.24, 2.45) is 5.73 Å². The number of nitrogens with two attached hydrogens (primary N) is 1. The van der Waals surface area contributed by atoms with Gasteiger partial charge in [0.2, 0.25) is 0 Å². The topological polar surface area (TPSA) is 26.0 Å². The minimum atomic E-state index is -4.45. The Kier molecular flexibility index (Phi) is 3.57. The number of hydrogen-bond acceptors (Lipinski definition) is 1. The molecule has 0 aromatic heterocycles. The number of rotatable bonds is 2. The fourth-order valence-corrected chi connectivity index (χ4v) is 1.38. The molecule has 1 aromatic carbocycles. The van der Waals surface area contributed by atoms with Crippen LogP contribution >= 0.6 is 11.6 Å². The molecule has 0 saturated heterocycles. The third kappa shape index (κ3) is 2.82. The van der Waals surface area contributed by atoms with Gasteiger partial charge in [-0.1, -0.05) is 17.7 Å². The van der Waals surface area contributed by atoms with Gasteiger partial charge in [0.15, 0.2) is 0 Å². The van der Waals surface area contributed by atoms with Gasteiger partial charge in [0, 0.05) is 6.54 Å². The Morgan fingerprint density at radius 1 is 1.33 bits per heavy atom. The van der Waals surface area contributed by atoms with E-state index in [4.69, 9.17) is 17.3 Å². The van der Waals surface area contributed by atoms with E-state index >= 15 is 0 Å². The van der Waals surface area contributed by atoms with Gasteiger partial charge in [-0.25, -0.2) is 4.39 Å². The average molecular weight is 242 g/mol. The first-order valence-corrected chi connectivity index (χ1v) is 4.45. The molecule has 15 heavy (non-hydrogen) atoms. The largest absolute Gasteiger partial charge is 0.396 e. The molecule has 0 saturated carbocycles. The molecule has 1 nitrogen and oxygen atoms in total. The van der Waals surface area contributed by atoms with Gasteiger partial charge in [0.05, 0.1) is 10.9 Å². The molecule has 0 radical (unpaired) electrons. The minimum Gasteiger partial charge on any atom is -0.330 e. The molecule has 2 N–H and O–H groups in total.